The molecule has 4 nitrogen and oxygen atoms in total. The topological polar surface area (TPSA) is 63.1 Å². The van der Waals surface area contributed by atoms with Crippen LogP contribution >= 0.6 is 35.0 Å². The Morgan fingerprint density at radius 1 is 1.17 bits per heavy atom. The van der Waals surface area contributed by atoms with Crippen molar-refractivity contribution < 1.29 is 9.90 Å². The number of pyridine rings is 2. The molecule has 0 spiro atoms. The lowest BCUT2D eigenvalue weighted by Crippen LogP contribution is -2.27. The maximum Gasteiger partial charge on any atom is 0.319 e. The van der Waals surface area contributed by atoms with E-state index in [1.54, 1.807) is 32.3 Å². The Kier molecular flexibility index (Phi) is 5.53. The Hall–Kier alpha value is -1.74. The molecule has 0 aromatic carbocycles. The zero-order valence-electron chi connectivity index (χ0n) is 12.3. The molecular formula is C16H12Cl2N2O2S. The molecule has 0 aliphatic carbocycles. The summed E-state index contributed by atoms with van der Waals surface area (Å²) in [6, 6.07) is 1.73. The molecule has 0 aliphatic rings. The van der Waals surface area contributed by atoms with Crippen LogP contribution < -0.4 is 0 Å². The molecule has 7 heteroatoms. The van der Waals surface area contributed by atoms with Gasteiger partial charge in [0.1, 0.15) is 4.75 Å². The van der Waals surface area contributed by atoms with E-state index in [2.05, 4.69) is 21.8 Å². The SMILES string of the molecule is CC(C)(Sc1ccncc1C#Cc1c(Cl)cncc1Cl)C(=O)O. The van der Waals surface area contributed by atoms with Crippen molar-refractivity contribution in [2.45, 2.75) is 23.5 Å². The van der Waals surface area contributed by atoms with E-state index in [-0.39, 0.29) is 0 Å². The summed E-state index contributed by atoms with van der Waals surface area (Å²) in [6.07, 6.45) is 6.10. The smallest absolute Gasteiger partial charge is 0.319 e. The van der Waals surface area contributed by atoms with Crippen LogP contribution in [-0.4, -0.2) is 25.8 Å². The molecule has 2 aromatic heterocycles. The number of carbonyl (C=O) groups is 1. The van der Waals surface area contributed by atoms with Gasteiger partial charge in [0.25, 0.3) is 0 Å². The van der Waals surface area contributed by atoms with E-state index in [1.807, 2.05) is 0 Å². The number of aliphatic carboxylic acids is 1. The number of carboxylic acids is 1. The van der Waals surface area contributed by atoms with Crippen LogP contribution in [0.15, 0.2) is 35.7 Å². The molecule has 2 aromatic rings. The van der Waals surface area contributed by atoms with Crippen LogP contribution in [0.3, 0.4) is 0 Å². The summed E-state index contributed by atoms with van der Waals surface area (Å²) in [7, 11) is 0. The molecule has 118 valence electrons. The lowest BCUT2D eigenvalue weighted by Gasteiger charge is -2.18. The highest BCUT2D eigenvalue weighted by Gasteiger charge is 2.29. The molecule has 0 bridgehead atoms. The highest BCUT2D eigenvalue weighted by molar-refractivity contribution is 8.01. The Balaban J connectivity index is 2.40. The summed E-state index contributed by atoms with van der Waals surface area (Å²) in [5.41, 5.74) is 1.08. The summed E-state index contributed by atoms with van der Waals surface area (Å²) < 4.78 is -0.982. The van der Waals surface area contributed by atoms with E-state index >= 15 is 0 Å². The Morgan fingerprint density at radius 3 is 2.43 bits per heavy atom. The first-order valence-corrected chi connectivity index (χ1v) is 8.06. The first kappa shape index (κ1) is 17.6. The molecular weight excluding hydrogens is 355 g/mol. The maximum atomic E-state index is 11.3. The van der Waals surface area contributed by atoms with Gasteiger partial charge in [-0.15, -0.1) is 11.8 Å². The van der Waals surface area contributed by atoms with Crippen LogP contribution in [0, 0.1) is 11.8 Å². The number of carboxylic acid groups (broad SMARTS) is 1. The van der Waals surface area contributed by atoms with E-state index in [4.69, 9.17) is 23.2 Å². The Labute approximate surface area is 148 Å². The fourth-order valence-electron chi connectivity index (χ4n) is 1.54. The van der Waals surface area contributed by atoms with Gasteiger partial charge in [0, 0.05) is 29.7 Å². The zero-order valence-corrected chi connectivity index (χ0v) is 14.6. The van der Waals surface area contributed by atoms with Crippen LogP contribution in [-0.2, 0) is 4.79 Å². The largest absolute Gasteiger partial charge is 0.480 e. The van der Waals surface area contributed by atoms with Crippen LogP contribution in [0.4, 0.5) is 0 Å². The van der Waals surface area contributed by atoms with Gasteiger partial charge in [-0.3, -0.25) is 14.8 Å². The molecule has 23 heavy (non-hydrogen) atoms. The second-order valence-corrected chi connectivity index (χ2v) is 7.50. The van der Waals surface area contributed by atoms with Gasteiger partial charge in [0.05, 0.1) is 21.2 Å². The maximum absolute atomic E-state index is 11.3. The van der Waals surface area contributed by atoms with Gasteiger partial charge < -0.3 is 5.11 Å². The number of nitrogens with zero attached hydrogens (tertiary/aromatic N) is 2. The second kappa shape index (κ2) is 7.22. The molecule has 0 radical (unpaired) electrons. The molecule has 0 amide bonds. The quantitative estimate of drug-likeness (QED) is 0.653. The third-order valence-electron chi connectivity index (χ3n) is 2.84. The molecule has 0 aliphatic heterocycles. The second-order valence-electron chi connectivity index (χ2n) is 5.02. The molecule has 1 N–H and O–H groups in total. The predicted molar refractivity (Wildman–Crippen MR) is 92.0 cm³/mol. The summed E-state index contributed by atoms with van der Waals surface area (Å²) in [5, 5.41) is 9.97. The Bertz CT molecular complexity index is 793. The molecule has 0 atom stereocenters. The van der Waals surface area contributed by atoms with Gasteiger partial charge in [0.2, 0.25) is 0 Å². The fourth-order valence-corrected chi connectivity index (χ4v) is 2.98. The average molecular weight is 367 g/mol. The number of aromatic nitrogens is 2. The fraction of sp³-hybridized carbons (Fsp3) is 0.188. The van der Waals surface area contributed by atoms with E-state index in [1.165, 1.54) is 24.2 Å². The zero-order chi connectivity index (χ0) is 17.0. The molecule has 2 heterocycles. The molecule has 0 fully saturated rings. The van der Waals surface area contributed by atoms with E-state index < -0.39 is 10.7 Å². The van der Waals surface area contributed by atoms with Crippen LogP contribution in [0.5, 0.6) is 0 Å². The van der Waals surface area contributed by atoms with E-state index in [0.717, 1.165) is 4.90 Å². The highest BCUT2D eigenvalue weighted by Crippen LogP contribution is 2.34. The normalized spacial score (nSPS) is 10.8. The first-order chi connectivity index (χ1) is 10.8. The van der Waals surface area contributed by atoms with Crippen molar-refractivity contribution in [2.75, 3.05) is 0 Å². The van der Waals surface area contributed by atoms with Crippen molar-refractivity contribution in [1.82, 2.24) is 9.97 Å². The third-order valence-corrected chi connectivity index (χ3v) is 4.67. The molecule has 0 unspecified atom stereocenters. The van der Waals surface area contributed by atoms with Crippen molar-refractivity contribution in [1.29, 1.82) is 0 Å². The number of hydrogen-bond acceptors (Lipinski definition) is 4. The van der Waals surface area contributed by atoms with Crippen molar-refractivity contribution in [2.24, 2.45) is 0 Å². The van der Waals surface area contributed by atoms with Crippen LogP contribution in [0.25, 0.3) is 0 Å². The van der Waals surface area contributed by atoms with E-state index in [0.29, 0.717) is 21.2 Å². The number of rotatable bonds is 3. The van der Waals surface area contributed by atoms with Crippen molar-refractivity contribution >= 4 is 40.9 Å². The number of halogens is 2. The molecule has 2 rings (SSSR count). The van der Waals surface area contributed by atoms with Gasteiger partial charge in [-0.25, -0.2) is 0 Å². The average Bonchev–Trinajstić information content (AvgIpc) is 2.48. The van der Waals surface area contributed by atoms with Crippen LogP contribution in [0.1, 0.15) is 25.0 Å². The van der Waals surface area contributed by atoms with Gasteiger partial charge in [-0.2, -0.15) is 0 Å². The van der Waals surface area contributed by atoms with Crippen molar-refractivity contribution in [3.63, 3.8) is 0 Å². The summed E-state index contributed by atoms with van der Waals surface area (Å²) >= 11 is 13.3. The molecule has 0 saturated carbocycles. The summed E-state index contributed by atoms with van der Waals surface area (Å²) in [5.74, 6) is 4.94. The number of hydrogen-bond donors (Lipinski definition) is 1. The van der Waals surface area contributed by atoms with Gasteiger partial charge in [-0.1, -0.05) is 35.0 Å². The molecule has 0 saturated heterocycles. The highest BCUT2D eigenvalue weighted by atomic mass is 35.5. The lowest BCUT2D eigenvalue weighted by molar-refractivity contribution is -0.138. The minimum Gasteiger partial charge on any atom is -0.480 e. The first-order valence-electron chi connectivity index (χ1n) is 6.48. The summed E-state index contributed by atoms with van der Waals surface area (Å²) in [6.45, 7) is 3.27. The van der Waals surface area contributed by atoms with Gasteiger partial charge in [-0.05, 0) is 19.9 Å². The predicted octanol–water partition coefficient (Wildman–Crippen LogP) is 4.14. The van der Waals surface area contributed by atoms with Gasteiger partial charge >= 0.3 is 5.97 Å². The minimum atomic E-state index is -0.982. The minimum absolute atomic E-state index is 0.356. The van der Waals surface area contributed by atoms with Gasteiger partial charge in [0.15, 0.2) is 0 Å². The Morgan fingerprint density at radius 2 is 1.83 bits per heavy atom. The van der Waals surface area contributed by atoms with Crippen molar-refractivity contribution in [3.8, 4) is 11.8 Å². The lowest BCUT2D eigenvalue weighted by atomic mass is 10.2. The van der Waals surface area contributed by atoms with Crippen molar-refractivity contribution in [3.05, 3.63) is 52.0 Å². The van der Waals surface area contributed by atoms with E-state index in [9.17, 15) is 9.90 Å². The standard InChI is InChI=1S/C16H12Cl2N2O2S/c1-16(2,15(21)22)23-14-5-6-19-7-10(14)3-4-11-12(17)8-20-9-13(11)18/h5-9H,1-2H3,(H,21,22). The monoisotopic (exact) mass is 366 g/mol. The number of thioether (sulfide) groups is 1. The van der Waals surface area contributed by atoms with Crippen LogP contribution in [0.2, 0.25) is 10.0 Å². The summed E-state index contributed by atoms with van der Waals surface area (Å²) in [4.78, 5) is 19.9. The third kappa shape index (κ3) is 4.38.